The maximum absolute atomic E-state index is 12.3. The van der Waals surface area contributed by atoms with Crippen molar-refractivity contribution in [2.24, 2.45) is 0 Å². The molecule has 0 saturated carbocycles. The molecule has 1 saturated heterocycles. The predicted molar refractivity (Wildman–Crippen MR) is 91.4 cm³/mol. The van der Waals surface area contributed by atoms with Crippen LogP contribution in [0.25, 0.3) is 6.08 Å². The first-order valence-electron chi connectivity index (χ1n) is 7.51. The number of benzene rings is 2. The highest BCUT2D eigenvalue weighted by Crippen LogP contribution is 2.16. The molecule has 0 unspecified atom stereocenters. The van der Waals surface area contributed by atoms with Crippen molar-refractivity contribution in [2.75, 3.05) is 11.9 Å². The monoisotopic (exact) mass is 337 g/mol. The van der Waals surface area contributed by atoms with Crippen LogP contribution in [0.1, 0.15) is 5.56 Å². The van der Waals surface area contributed by atoms with E-state index in [1.165, 1.54) is 24.3 Å². The molecule has 0 atom stereocenters. The van der Waals surface area contributed by atoms with Gasteiger partial charge in [-0.25, -0.2) is 9.69 Å². The lowest BCUT2D eigenvalue weighted by molar-refractivity contribution is -0.127. The number of phenolic OH excluding ortho intramolecular Hbond substituents is 1. The van der Waals surface area contributed by atoms with Crippen molar-refractivity contribution in [2.45, 2.75) is 0 Å². The Balaban J connectivity index is 1.67. The first-order chi connectivity index (χ1) is 12.0. The molecule has 126 valence electrons. The van der Waals surface area contributed by atoms with Crippen LogP contribution < -0.4 is 10.6 Å². The molecule has 0 bridgehead atoms. The Morgan fingerprint density at radius 1 is 1.08 bits per heavy atom. The van der Waals surface area contributed by atoms with Crippen molar-refractivity contribution in [1.29, 1.82) is 0 Å². The lowest BCUT2D eigenvalue weighted by atomic mass is 10.2. The van der Waals surface area contributed by atoms with Gasteiger partial charge in [0.05, 0.1) is 0 Å². The summed E-state index contributed by atoms with van der Waals surface area (Å²) < 4.78 is 0. The third kappa shape index (κ3) is 3.84. The fourth-order valence-corrected chi connectivity index (χ4v) is 2.32. The summed E-state index contributed by atoms with van der Waals surface area (Å²) in [6, 6.07) is 14.3. The highest BCUT2D eigenvalue weighted by atomic mass is 16.3. The number of anilines is 1. The predicted octanol–water partition coefficient (Wildman–Crippen LogP) is 1.92. The number of nitrogens with one attached hydrogen (secondary N) is 2. The van der Waals surface area contributed by atoms with Crippen LogP contribution >= 0.6 is 0 Å². The minimum absolute atomic E-state index is 0.0720. The van der Waals surface area contributed by atoms with Gasteiger partial charge in [0, 0.05) is 5.69 Å². The molecular formula is C18H15N3O4. The van der Waals surface area contributed by atoms with Gasteiger partial charge >= 0.3 is 6.03 Å². The van der Waals surface area contributed by atoms with Crippen molar-refractivity contribution in [3.63, 3.8) is 0 Å². The smallest absolute Gasteiger partial charge is 0.329 e. The molecule has 3 N–H and O–H groups in total. The second-order valence-corrected chi connectivity index (χ2v) is 5.39. The number of carbonyl (C=O) groups excluding carboxylic acids is 3. The van der Waals surface area contributed by atoms with Gasteiger partial charge in [0.1, 0.15) is 18.0 Å². The molecule has 1 heterocycles. The molecular weight excluding hydrogens is 322 g/mol. The molecule has 3 rings (SSSR count). The van der Waals surface area contributed by atoms with E-state index >= 15 is 0 Å². The molecule has 7 nitrogen and oxygen atoms in total. The largest absolute Gasteiger partial charge is 0.508 e. The number of imide groups is 1. The Kier molecular flexibility index (Phi) is 4.47. The van der Waals surface area contributed by atoms with Crippen LogP contribution in [0, 0.1) is 0 Å². The number of rotatable bonds is 4. The molecule has 2 aromatic carbocycles. The average molecular weight is 337 g/mol. The third-order valence-corrected chi connectivity index (χ3v) is 3.53. The van der Waals surface area contributed by atoms with E-state index in [1.807, 2.05) is 18.2 Å². The maximum atomic E-state index is 12.3. The summed E-state index contributed by atoms with van der Waals surface area (Å²) in [4.78, 5) is 37.2. The first kappa shape index (κ1) is 16.3. The molecule has 0 spiro atoms. The third-order valence-electron chi connectivity index (χ3n) is 3.53. The summed E-state index contributed by atoms with van der Waals surface area (Å²) in [7, 11) is 0. The molecule has 7 heteroatoms. The van der Waals surface area contributed by atoms with E-state index in [1.54, 1.807) is 18.2 Å². The molecule has 0 aromatic heterocycles. The molecule has 2 aromatic rings. The van der Waals surface area contributed by atoms with Gasteiger partial charge < -0.3 is 15.7 Å². The van der Waals surface area contributed by atoms with Gasteiger partial charge in [-0.3, -0.25) is 9.59 Å². The quantitative estimate of drug-likeness (QED) is 0.451. The summed E-state index contributed by atoms with van der Waals surface area (Å²) in [5.74, 6) is -1.01. The normalized spacial score (nSPS) is 15.4. The standard InChI is InChI=1S/C18H15N3O4/c22-14-8-6-13(7-9-14)19-16(23)11-21-17(24)15(20-18(21)25)10-12-4-2-1-3-5-12/h1-10,22H,11H2,(H,19,23)(H,20,25)/b15-10-. The zero-order valence-corrected chi connectivity index (χ0v) is 13.1. The van der Waals surface area contributed by atoms with Gasteiger partial charge in [-0.15, -0.1) is 0 Å². The molecule has 4 amide bonds. The fourth-order valence-electron chi connectivity index (χ4n) is 2.32. The van der Waals surface area contributed by atoms with Crippen molar-refractivity contribution in [1.82, 2.24) is 10.2 Å². The molecule has 1 fully saturated rings. The molecule has 1 aliphatic heterocycles. The van der Waals surface area contributed by atoms with E-state index in [0.717, 1.165) is 10.5 Å². The number of phenols is 1. The second-order valence-electron chi connectivity index (χ2n) is 5.39. The van der Waals surface area contributed by atoms with Crippen LogP contribution in [0.2, 0.25) is 0 Å². The van der Waals surface area contributed by atoms with E-state index in [4.69, 9.17) is 0 Å². The van der Waals surface area contributed by atoms with E-state index in [9.17, 15) is 19.5 Å². The van der Waals surface area contributed by atoms with Gasteiger partial charge in [-0.1, -0.05) is 30.3 Å². The minimum Gasteiger partial charge on any atom is -0.508 e. The van der Waals surface area contributed by atoms with E-state index < -0.39 is 24.4 Å². The van der Waals surface area contributed by atoms with E-state index in [0.29, 0.717) is 5.69 Å². The Labute approximate surface area is 143 Å². The van der Waals surface area contributed by atoms with E-state index in [-0.39, 0.29) is 11.4 Å². The summed E-state index contributed by atoms with van der Waals surface area (Å²) in [6.07, 6.45) is 1.55. The number of nitrogens with zero attached hydrogens (tertiary/aromatic N) is 1. The first-order valence-corrected chi connectivity index (χ1v) is 7.51. The van der Waals surface area contributed by atoms with Crippen LogP contribution in [0.15, 0.2) is 60.3 Å². The Morgan fingerprint density at radius 3 is 2.44 bits per heavy atom. The van der Waals surface area contributed by atoms with E-state index in [2.05, 4.69) is 10.6 Å². The summed E-state index contributed by atoms with van der Waals surface area (Å²) >= 11 is 0. The van der Waals surface area contributed by atoms with Crippen LogP contribution in [-0.4, -0.2) is 34.4 Å². The molecule has 25 heavy (non-hydrogen) atoms. The second kappa shape index (κ2) is 6.88. The minimum atomic E-state index is -0.645. The molecule has 1 aliphatic rings. The van der Waals surface area contributed by atoms with Gasteiger partial charge in [-0.05, 0) is 35.9 Å². The molecule has 0 aliphatic carbocycles. The Hall–Kier alpha value is -3.61. The van der Waals surface area contributed by atoms with Crippen LogP contribution in [0.4, 0.5) is 10.5 Å². The van der Waals surface area contributed by atoms with Crippen molar-refractivity contribution in [3.05, 3.63) is 65.9 Å². The maximum Gasteiger partial charge on any atom is 0.329 e. The van der Waals surface area contributed by atoms with Gasteiger partial charge in [-0.2, -0.15) is 0 Å². The summed E-state index contributed by atoms with van der Waals surface area (Å²) in [5.41, 5.74) is 1.34. The number of carbonyl (C=O) groups is 3. The van der Waals surface area contributed by atoms with Crippen LogP contribution in [0.3, 0.4) is 0 Å². The van der Waals surface area contributed by atoms with Crippen molar-refractivity contribution in [3.8, 4) is 5.75 Å². The lowest BCUT2D eigenvalue weighted by Crippen LogP contribution is -2.38. The number of hydrogen-bond donors (Lipinski definition) is 3. The number of aromatic hydroxyl groups is 1. The Bertz CT molecular complexity index is 844. The Morgan fingerprint density at radius 2 is 1.76 bits per heavy atom. The van der Waals surface area contributed by atoms with Crippen molar-refractivity contribution < 1.29 is 19.5 Å². The molecule has 0 radical (unpaired) electrons. The lowest BCUT2D eigenvalue weighted by Gasteiger charge is -2.12. The van der Waals surface area contributed by atoms with Crippen LogP contribution in [-0.2, 0) is 9.59 Å². The SMILES string of the molecule is O=C(CN1C(=O)N/C(=C\c2ccccc2)C1=O)Nc1ccc(O)cc1. The fraction of sp³-hybridized carbons (Fsp3) is 0.0556. The van der Waals surface area contributed by atoms with Crippen LogP contribution in [0.5, 0.6) is 5.75 Å². The van der Waals surface area contributed by atoms with Gasteiger partial charge in [0.2, 0.25) is 5.91 Å². The average Bonchev–Trinajstić information content (AvgIpc) is 2.85. The highest BCUT2D eigenvalue weighted by molar-refractivity contribution is 6.15. The highest BCUT2D eigenvalue weighted by Gasteiger charge is 2.34. The summed E-state index contributed by atoms with van der Waals surface area (Å²) in [6.45, 7) is -0.405. The van der Waals surface area contributed by atoms with Gasteiger partial charge in [0.15, 0.2) is 0 Å². The summed E-state index contributed by atoms with van der Waals surface area (Å²) in [5, 5.41) is 14.2. The number of urea groups is 1. The number of amides is 4. The number of hydrogen-bond acceptors (Lipinski definition) is 4. The van der Waals surface area contributed by atoms with Crippen molar-refractivity contribution >= 4 is 29.6 Å². The zero-order valence-electron chi connectivity index (χ0n) is 13.1. The zero-order chi connectivity index (χ0) is 17.8. The van der Waals surface area contributed by atoms with Gasteiger partial charge in [0.25, 0.3) is 5.91 Å². The topological polar surface area (TPSA) is 98.7 Å².